The van der Waals surface area contributed by atoms with Gasteiger partial charge in [-0.25, -0.2) is 0 Å². The van der Waals surface area contributed by atoms with E-state index in [0.717, 1.165) is 10.0 Å². The molecule has 0 aliphatic rings. The molecule has 3 nitrogen and oxygen atoms in total. The van der Waals surface area contributed by atoms with E-state index in [9.17, 15) is 0 Å². The third-order valence-electron chi connectivity index (χ3n) is 2.08. The van der Waals surface area contributed by atoms with Gasteiger partial charge in [-0.2, -0.15) is 0 Å². The maximum Gasteiger partial charge on any atom is 0.0556 e. The van der Waals surface area contributed by atoms with Crippen molar-refractivity contribution in [2.24, 2.45) is 5.73 Å². The zero-order chi connectivity index (χ0) is 11.3. The van der Waals surface area contributed by atoms with Crippen molar-refractivity contribution in [2.45, 2.75) is 6.04 Å². The molecule has 1 aromatic carbocycles. The van der Waals surface area contributed by atoms with Gasteiger partial charge < -0.3 is 16.2 Å². The number of nitrogens with two attached hydrogens (primary N) is 1. The van der Waals surface area contributed by atoms with Gasteiger partial charge in [0, 0.05) is 23.6 Å². The lowest BCUT2D eigenvalue weighted by Gasteiger charge is -2.17. The van der Waals surface area contributed by atoms with E-state index in [4.69, 9.17) is 22.4 Å². The minimum atomic E-state index is 0.0303. The normalized spacial score (nSPS) is 12.8. The van der Waals surface area contributed by atoms with Gasteiger partial charge in [-0.3, -0.25) is 0 Å². The Hall–Kier alpha value is -0.130. The fourth-order valence-electron chi connectivity index (χ4n) is 1.31. The molecule has 1 atom stereocenters. The van der Waals surface area contributed by atoms with Gasteiger partial charge in [0.25, 0.3) is 0 Å². The van der Waals surface area contributed by atoms with Gasteiger partial charge in [0.2, 0.25) is 0 Å². The highest BCUT2D eigenvalue weighted by Crippen LogP contribution is 2.25. The second kappa shape index (κ2) is 6.45. The summed E-state index contributed by atoms with van der Waals surface area (Å²) < 4.78 is 0.867. The van der Waals surface area contributed by atoms with Crippen LogP contribution in [-0.4, -0.2) is 24.8 Å². The lowest BCUT2D eigenvalue weighted by molar-refractivity contribution is 0.285. The highest BCUT2D eigenvalue weighted by atomic mass is 79.9. The molecule has 0 fully saturated rings. The topological polar surface area (TPSA) is 58.3 Å². The molecule has 4 N–H and O–H groups in total. The first kappa shape index (κ1) is 12.9. The smallest absolute Gasteiger partial charge is 0.0556 e. The Morgan fingerprint density at radius 3 is 2.80 bits per heavy atom. The predicted molar refractivity (Wildman–Crippen MR) is 66.0 cm³/mol. The fourth-order valence-corrected chi connectivity index (χ4v) is 1.74. The third-order valence-corrected chi connectivity index (χ3v) is 3.32. The molecule has 1 unspecified atom stereocenters. The van der Waals surface area contributed by atoms with Crippen LogP contribution in [0.25, 0.3) is 0 Å². The van der Waals surface area contributed by atoms with Gasteiger partial charge in [0.05, 0.1) is 11.6 Å². The van der Waals surface area contributed by atoms with Crippen LogP contribution in [0.3, 0.4) is 0 Å². The number of benzene rings is 1. The summed E-state index contributed by atoms with van der Waals surface area (Å²) in [6.45, 7) is 1.09. The fraction of sp³-hybridized carbons (Fsp3) is 0.400. The van der Waals surface area contributed by atoms with E-state index in [1.54, 1.807) is 0 Å². The Balaban J connectivity index is 2.78. The minimum Gasteiger partial charge on any atom is -0.395 e. The third kappa shape index (κ3) is 3.74. The van der Waals surface area contributed by atoms with Crippen molar-refractivity contribution in [1.82, 2.24) is 5.32 Å². The van der Waals surface area contributed by atoms with Crippen LogP contribution in [0.2, 0.25) is 5.02 Å². The van der Waals surface area contributed by atoms with Crippen LogP contribution in [0.5, 0.6) is 0 Å². The zero-order valence-electron chi connectivity index (χ0n) is 8.21. The van der Waals surface area contributed by atoms with Crippen molar-refractivity contribution in [3.8, 4) is 0 Å². The number of nitrogens with one attached hydrogen (secondary N) is 1. The maximum atomic E-state index is 8.72. The lowest BCUT2D eigenvalue weighted by atomic mass is 10.1. The zero-order valence-corrected chi connectivity index (χ0v) is 10.6. The van der Waals surface area contributed by atoms with Crippen molar-refractivity contribution in [2.75, 3.05) is 19.7 Å². The Labute approximate surface area is 103 Å². The van der Waals surface area contributed by atoms with Crippen LogP contribution in [0.1, 0.15) is 11.6 Å². The van der Waals surface area contributed by atoms with Crippen molar-refractivity contribution < 1.29 is 5.11 Å². The average Bonchev–Trinajstić information content (AvgIpc) is 2.24. The summed E-state index contributed by atoms with van der Waals surface area (Å²) in [7, 11) is 0. The van der Waals surface area contributed by atoms with Crippen molar-refractivity contribution >= 4 is 27.5 Å². The van der Waals surface area contributed by atoms with Crippen LogP contribution in [0.15, 0.2) is 22.7 Å². The van der Waals surface area contributed by atoms with Gasteiger partial charge in [-0.15, -0.1) is 0 Å². The molecule has 0 aliphatic carbocycles. The number of hydrogen-bond acceptors (Lipinski definition) is 3. The summed E-state index contributed by atoms with van der Waals surface area (Å²) in [6.07, 6.45) is 0. The van der Waals surface area contributed by atoms with Crippen LogP contribution < -0.4 is 11.1 Å². The summed E-state index contributed by atoms with van der Waals surface area (Å²) in [5.41, 5.74) is 6.66. The van der Waals surface area contributed by atoms with Gasteiger partial charge in [0.1, 0.15) is 0 Å². The predicted octanol–water partition coefficient (Wildman–Crippen LogP) is 1.68. The summed E-state index contributed by atoms with van der Waals surface area (Å²) in [5, 5.41) is 12.5. The molecule has 5 heteroatoms. The van der Waals surface area contributed by atoms with E-state index in [-0.39, 0.29) is 12.6 Å². The highest BCUT2D eigenvalue weighted by Gasteiger charge is 2.09. The SMILES string of the molecule is NCC(NCCO)c1ccc(Br)c(Cl)c1. The molecule has 0 aliphatic heterocycles. The second-order valence-electron chi connectivity index (χ2n) is 3.14. The Kier molecular flexibility index (Phi) is 5.56. The first-order valence-electron chi connectivity index (χ1n) is 4.68. The minimum absolute atomic E-state index is 0.0303. The standard InChI is InChI=1S/C10H14BrClN2O/c11-8-2-1-7(5-9(8)12)10(6-13)14-3-4-15/h1-2,5,10,14-15H,3-4,6,13H2. The Morgan fingerprint density at radius 1 is 1.53 bits per heavy atom. The number of aliphatic hydroxyl groups is 1. The van der Waals surface area contributed by atoms with Crippen molar-refractivity contribution in [3.05, 3.63) is 33.3 Å². The molecule has 0 aromatic heterocycles. The monoisotopic (exact) mass is 292 g/mol. The number of rotatable bonds is 5. The molecule has 15 heavy (non-hydrogen) atoms. The van der Waals surface area contributed by atoms with E-state index >= 15 is 0 Å². The highest BCUT2D eigenvalue weighted by molar-refractivity contribution is 9.10. The summed E-state index contributed by atoms with van der Waals surface area (Å²) in [4.78, 5) is 0. The second-order valence-corrected chi connectivity index (χ2v) is 4.40. The Bertz CT molecular complexity index is 322. The van der Waals surface area contributed by atoms with Crippen molar-refractivity contribution in [3.63, 3.8) is 0 Å². The first-order valence-corrected chi connectivity index (χ1v) is 5.85. The molecule has 0 saturated heterocycles. The van der Waals surface area contributed by atoms with E-state index in [1.807, 2.05) is 18.2 Å². The molecule has 0 radical (unpaired) electrons. The molecule has 0 heterocycles. The maximum absolute atomic E-state index is 8.72. The lowest BCUT2D eigenvalue weighted by Crippen LogP contribution is -2.30. The van der Waals surface area contributed by atoms with Crippen LogP contribution in [-0.2, 0) is 0 Å². The number of hydrogen-bond donors (Lipinski definition) is 3. The van der Waals surface area contributed by atoms with Gasteiger partial charge in [-0.1, -0.05) is 17.7 Å². The average molecular weight is 294 g/mol. The van der Waals surface area contributed by atoms with E-state index < -0.39 is 0 Å². The van der Waals surface area contributed by atoms with Crippen LogP contribution >= 0.6 is 27.5 Å². The largest absolute Gasteiger partial charge is 0.395 e. The molecular formula is C10H14BrClN2O. The quantitative estimate of drug-likeness (QED) is 0.774. The molecular weight excluding hydrogens is 279 g/mol. The van der Waals surface area contributed by atoms with Gasteiger partial charge >= 0.3 is 0 Å². The first-order chi connectivity index (χ1) is 7.19. The molecule has 0 spiro atoms. The molecule has 0 bridgehead atoms. The summed E-state index contributed by atoms with van der Waals surface area (Å²) in [5.74, 6) is 0. The van der Waals surface area contributed by atoms with Crippen molar-refractivity contribution in [1.29, 1.82) is 0 Å². The van der Waals surface area contributed by atoms with Crippen LogP contribution in [0, 0.1) is 0 Å². The molecule has 0 amide bonds. The summed E-state index contributed by atoms with van der Waals surface area (Å²) in [6, 6.07) is 5.74. The molecule has 84 valence electrons. The Morgan fingerprint density at radius 2 is 2.27 bits per heavy atom. The van der Waals surface area contributed by atoms with E-state index in [0.29, 0.717) is 18.1 Å². The van der Waals surface area contributed by atoms with Crippen LogP contribution in [0.4, 0.5) is 0 Å². The molecule has 1 aromatic rings. The number of halogens is 2. The van der Waals surface area contributed by atoms with E-state index in [1.165, 1.54) is 0 Å². The molecule has 0 saturated carbocycles. The number of aliphatic hydroxyl groups excluding tert-OH is 1. The van der Waals surface area contributed by atoms with Gasteiger partial charge in [0.15, 0.2) is 0 Å². The summed E-state index contributed by atoms with van der Waals surface area (Å²) >= 11 is 9.31. The molecule has 1 rings (SSSR count). The van der Waals surface area contributed by atoms with E-state index in [2.05, 4.69) is 21.2 Å². The van der Waals surface area contributed by atoms with Gasteiger partial charge in [-0.05, 0) is 33.6 Å².